The van der Waals surface area contributed by atoms with E-state index in [1.165, 1.54) is 12.1 Å². The minimum atomic E-state index is -0.313. The summed E-state index contributed by atoms with van der Waals surface area (Å²) in [6, 6.07) is 13.0. The van der Waals surface area contributed by atoms with Crippen molar-refractivity contribution < 1.29 is 4.39 Å². The van der Waals surface area contributed by atoms with Crippen molar-refractivity contribution >= 4 is 11.6 Å². The number of benzene rings is 2. The van der Waals surface area contributed by atoms with E-state index in [1.807, 2.05) is 18.2 Å². The summed E-state index contributed by atoms with van der Waals surface area (Å²) in [6.45, 7) is 4.97. The molecule has 0 aromatic heterocycles. The molecule has 0 atom stereocenters. The van der Waals surface area contributed by atoms with E-state index in [0.29, 0.717) is 11.1 Å². The third-order valence-electron chi connectivity index (χ3n) is 2.94. The predicted octanol–water partition coefficient (Wildman–Crippen LogP) is 4.64. The summed E-state index contributed by atoms with van der Waals surface area (Å²) in [5, 5.41) is 3.83. The second-order valence-corrected chi connectivity index (χ2v) is 5.22. The van der Waals surface area contributed by atoms with Gasteiger partial charge in [-0.25, -0.2) is 4.39 Å². The van der Waals surface area contributed by atoms with Crippen LogP contribution in [0.5, 0.6) is 0 Å². The molecule has 100 valence electrons. The fourth-order valence-corrected chi connectivity index (χ4v) is 2.23. The molecular weight excluding hydrogens is 261 g/mol. The van der Waals surface area contributed by atoms with Gasteiger partial charge < -0.3 is 5.32 Å². The summed E-state index contributed by atoms with van der Waals surface area (Å²) in [4.78, 5) is 0. The zero-order chi connectivity index (χ0) is 13.8. The second kappa shape index (κ2) is 6.18. The van der Waals surface area contributed by atoms with Gasteiger partial charge >= 0.3 is 0 Å². The second-order valence-electron chi connectivity index (χ2n) is 4.82. The normalized spacial score (nSPS) is 11.0. The summed E-state index contributed by atoms with van der Waals surface area (Å²) in [5.41, 5.74) is 3.06. The summed E-state index contributed by atoms with van der Waals surface area (Å²) >= 11 is 6.14. The number of hydrogen-bond donors (Lipinski definition) is 1. The molecule has 0 spiro atoms. The lowest BCUT2D eigenvalue weighted by Crippen LogP contribution is -2.22. The summed E-state index contributed by atoms with van der Waals surface area (Å²) in [6.07, 6.45) is 0. The van der Waals surface area contributed by atoms with Gasteiger partial charge in [0.15, 0.2) is 0 Å². The minimum Gasteiger partial charge on any atom is -0.310 e. The van der Waals surface area contributed by atoms with Crippen molar-refractivity contribution in [2.75, 3.05) is 0 Å². The van der Waals surface area contributed by atoms with Gasteiger partial charge in [-0.2, -0.15) is 0 Å². The molecule has 0 fully saturated rings. The molecule has 2 aromatic carbocycles. The van der Waals surface area contributed by atoms with Crippen LogP contribution in [0.4, 0.5) is 4.39 Å². The monoisotopic (exact) mass is 277 g/mol. The van der Waals surface area contributed by atoms with Crippen molar-refractivity contribution in [2.24, 2.45) is 0 Å². The number of halogens is 2. The van der Waals surface area contributed by atoms with Crippen LogP contribution in [-0.2, 0) is 6.54 Å². The first kappa shape index (κ1) is 14.0. The fraction of sp³-hybridized carbons (Fsp3) is 0.250. The molecule has 19 heavy (non-hydrogen) atoms. The Morgan fingerprint density at radius 3 is 2.53 bits per heavy atom. The zero-order valence-electron chi connectivity index (χ0n) is 11.1. The Morgan fingerprint density at radius 2 is 1.84 bits per heavy atom. The standard InChI is InChI=1S/C16H17ClFN/c1-11(2)19-10-12-5-3-4-6-14(12)15-8-7-13(18)9-16(15)17/h3-9,11,19H,10H2,1-2H3. The highest BCUT2D eigenvalue weighted by atomic mass is 35.5. The van der Waals surface area contributed by atoms with Crippen LogP contribution in [0.3, 0.4) is 0 Å². The average molecular weight is 278 g/mol. The first-order valence-electron chi connectivity index (χ1n) is 6.34. The third kappa shape index (κ3) is 3.55. The molecule has 1 nitrogen and oxygen atoms in total. The molecule has 0 bridgehead atoms. The smallest absolute Gasteiger partial charge is 0.124 e. The van der Waals surface area contributed by atoms with Crippen LogP contribution in [0.1, 0.15) is 19.4 Å². The molecule has 0 amide bonds. The van der Waals surface area contributed by atoms with Crippen molar-refractivity contribution in [3.63, 3.8) is 0 Å². The van der Waals surface area contributed by atoms with E-state index in [1.54, 1.807) is 6.07 Å². The predicted molar refractivity (Wildman–Crippen MR) is 78.8 cm³/mol. The SMILES string of the molecule is CC(C)NCc1ccccc1-c1ccc(F)cc1Cl. The topological polar surface area (TPSA) is 12.0 Å². The van der Waals surface area contributed by atoms with Gasteiger partial charge in [-0.15, -0.1) is 0 Å². The lowest BCUT2D eigenvalue weighted by Gasteiger charge is -2.13. The van der Waals surface area contributed by atoms with Crippen molar-refractivity contribution in [3.8, 4) is 11.1 Å². The van der Waals surface area contributed by atoms with E-state index in [0.717, 1.165) is 23.2 Å². The summed E-state index contributed by atoms with van der Waals surface area (Å²) in [7, 11) is 0. The van der Waals surface area contributed by atoms with Crippen LogP contribution in [0.25, 0.3) is 11.1 Å². The van der Waals surface area contributed by atoms with Gasteiger partial charge in [-0.3, -0.25) is 0 Å². The van der Waals surface area contributed by atoms with Crippen LogP contribution >= 0.6 is 11.6 Å². The van der Waals surface area contributed by atoms with Crippen LogP contribution in [0, 0.1) is 5.82 Å². The quantitative estimate of drug-likeness (QED) is 0.858. The first-order chi connectivity index (χ1) is 9.08. The maximum Gasteiger partial charge on any atom is 0.124 e. The molecule has 0 heterocycles. The molecule has 0 saturated heterocycles. The highest BCUT2D eigenvalue weighted by Crippen LogP contribution is 2.31. The van der Waals surface area contributed by atoms with Crippen LogP contribution in [0.2, 0.25) is 5.02 Å². The Bertz CT molecular complexity index is 566. The Labute approximate surface area is 118 Å². The highest BCUT2D eigenvalue weighted by molar-refractivity contribution is 6.33. The molecule has 0 aliphatic heterocycles. The Balaban J connectivity index is 2.38. The van der Waals surface area contributed by atoms with Crippen LogP contribution in [-0.4, -0.2) is 6.04 Å². The minimum absolute atomic E-state index is 0.313. The summed E-state index contributed by atoms with van der Waals surface area (Å²) < 4.78 is 13.1. The van der Waals surface area contributed by atoms with Crippen molar-refractivity contribution in [1.82, 2.24) is 5.32 Å². The van der Waals surface area contributed by atoms with E-state index >= 15 is 0 Å². The van der Waals surface area contributed by atoms with Gasteiger partial charge in [-0.1, -0.05) is 49.7 Å². The number of hydrogen-bond acceptors (Lipinski definition) is 1. The Morgan fingerprint density at radius 1 is 1.11 bits per heavy atom. The molecule has 2 aromatic rings. The Kier molecular flexibility index (Phi) is 4.56. The van der Waals surface area contributed by atoms with Gasteiger partial charge in [-0.05, 0) is 29.3 Å². The molecule has 0 radical (unpaired) electrons. The van der Waals surface area contributed by atoms with E-state index in [-0.39, 0.29) is 5.82 Å². The van der Waals surface area contributed by atoms with Crippen molar-refractivity contribution in [3.05, 3.63) is 58.9 Å². The maximum atomic E-state index is 13.1. The van der Waals surface area contributed by atoms with Crippen molar-refractivity contribution in [2.45, 2.75) is 26.4 Å². The number of rotatable bonds is 4. The van der Waals surface area contributed by atoms with E-state index in [9.17, 15) is 4.39 Å². The summed E-state index contributed by atoms with van der Waals surface area (Å²) in [5.74, 6) is -0.313. The van der Waals surface area contributed by atoms with E-state index in [4.69, 9.17) is 11.6 Å². The first-order valence-corrected chi connectivity index (χ1v) is 6.72. The fourth-order valence-electron chi connectivity index (χ4n) is 1.96. The molecule has 2 rings (SSSR count). The van der Waals surface area contributed by atoms with Crippen LogP contribution in [0.15, 0.2) is 42.5 Å². The highest BCUT2D eigenvalue weighted by Gasteiger charge is 2.09. The lowest BCUT2D eigenvalue weighted by atomic mass is 9.99. The van der Waals surface area contributed by atoms with E-state index < -0.39 is 0 Å². The average Bonchev–Trinajstić information content (AvgIpc) is 2.37. The molecule has 0 unspecified atom stereocenters. The zero-order valence-corrected chi connectivity index (χ0v) is 11.8. The number of nitrogens with one attached hydrogen (secondary N) is 1. The largest absolute Gasteiger partial charge is 0.310 e. The van der Waals surface area contributed by atoms with Gasteiger partial charge in [0.25, 0.3) is 0 Å². The molecule has 0 aliphatic carbocycles. The maximum absolute atomic E-state index is 13.1. The Hall–Kier alpha value is -1.38. The third-order valence-corrected chi connectivity index (χ3v) is 3.25. The van der Waals surface area contributed by atoms with Gasteiger partial charge in [0.2, 0.25) is 0 Å². The molecular formula is C16H17ClFN. The molecule has 1 N–H and O–H groups in total. The van der Waals surface area contributed by atoms with Gasteiger partial charge in [0, 0.05) is 18.2 Å². The van der Waals surface area contributed by atoms with Gasteiger partial charge in [0.1, 0.15) is 5.82 Å². The molecule has 0 aliphatic rings. The van der Waals surface area contributed by atoms with Crippen molar-refractivity contribution in [1.29, 1.82) is 0 Å². The molecule has 0 saturated carbocycles. The van der Waals surface area contributed by atoms with Gasteiger partial charge in [0.05, 0.1) is 5.02 Å². The molecule has 3 heteroatoms. The van der Waals surface area contributed by atoms with Crippen LogP contribution < -0.4 is 5.32 Å². The van der Waals surface area contributed by atoms with E-state index in [2.05, 4.69) is 25.2 Å². The lowest BCUT2D eigenvalue weighted by molar-refractivity contribution is 0.589.